The zero-order chi connectivity index (χ0) is 13.1. The van der Waals surface area contributed by atoms with Gasteiger partial charge in [-0.1, -0.05) is 0 Å². The molecule has 0 aliphatic heterocycles. The quantitative estimate of drug-likeness (QED) is 0.706. The van der Waals surface area contributed by atoms with E-state index in [1.807, 2.05) is 6.07 Å². The minimum Gasteiger partial charge on any atom is -0.373 e. The summed E-state index contributed by atoms with van der Waals surface area (Å²) in [4.78, 5) is 10.3. The monoisotopic (exact) mass is 238 g/mol. The molecule has 1 heterocycles. The van der Waals surface area contributed by atoms with E-state index in [0.29, 0.717) is 5.82 Å². The molecule has 0 fully saturated rings. The first-order valence-electron chi connectivity index (χ1n) is 5.59. The standard InChI is InChI=1S/C11H22N6/c1-11(2,17(4)5)7-14-9-6-8(13-3)15-10(12)16-9/h6H,7H2,1-5H3,(H4,12,13,14,15,16). The fourth-order valence-corrected chi connectivity index (χ4v) is 1.15. The van der Waals surface area contributed by atoms with Gasteiger partial charge in [-0.3, -0.25) is 0 Å². The third kappa shape index (κ3) is 3.74. The summed E-state index contributed by atoms with van der Waals surface area (Å²) < 4.78 is 0. The molecule has 0 atom stereocenters. The van der Waals surface area contributed by atoms with Crippen LogP contribution in [0.2, 0.25) is 0 Å². The normalized spacial score (nSPS) is 11.6. The number of nitrogens with zero attached hydrogens (tertiary/aromatic N) is 3. The smallest absolute Gasteiger partial charge is 0.223 e. The van der Waals surface area contributed by atoms with Crippen molar-refractivity contribution in [2.45, 2.75) is 19.4 Å². The second-order valence-electron chi connectivity index (χ2n) is 4.81. The minimum atomic E-state index is 0.0412. The van der Waals surface area contributed by atoms with Crippen LogP contribution < -0.4 is 16.4 Å². The van der Waals surface area contributed by atoms with Crippen molar-refractivity contribution in [3.05, 3.63) is 6.07 Å². The molecule has 0 aliphatic rings. The van der Waals surface area contributed by atoms with Crippen molar-refractivity contribution in [3.8, 4) is 0 Å². The van der Waals surface area contributed by atoms with Gasteiger partial charge < -0.3 is 21.3 Å². The fraction of sp³-hybridized carbons (Fsp3) is 0.636. The molecule has 0 aromatic carbocycles. The lowest BCUT2D eigenvalue weighted by Gasteiger charge is -2.32. The molecule has 1 rings (SSSR count). The van der Waals surface area contributed by atoms with Crippen LogP contribution in [0.5, 0.6) is 0 Å². The molecule has 0 amide bonds. The van der Waals surface area contributed by atoms with Crippen LogP contribution in [0.25, 0.3) is 0 Å². The summed E-state index contributed by atoms with van der Waals surface area (Å²) in [6.07, 6.45) is 0. The average Bonchev–Trinajstić information content (AvgIpc) is 2.25. The number of nitrogens with two attached hydrogens (primary N) is 1. The van der Waals surface area contributed by atoms with Crippen LogP contribution >= 0.6 is 0 Å². The van der Waals surface area contributed by atoms with E-state index in [9.17, 15) is 0 Å². The molecule has 0 spiro atoms. The second-order valence-corrected chi connectivity index (χ2v) is 4.81. The lowest BCUT2D eigenvalue weighted by atomic mass is 10.0. The minimum absolute atomic E-state index is 0.0412. The highest BCUT2D eigenvalue weighted by atomic mass is 15.2. The van der Waals surface area contributed by atoms with Gasteiger partial charge in [0.2, 0.25) is 5.95 Å². The SMILES string of the molecule is CNc1cc(NCC(C)(C)N(C)C)nc(N)n1. The van der Waals surface area contributed by atoms with Crippen LogP contribution in [-0.2, 0) is 0 Å². The second kappa shape index (κ2) is 5.18. The summed E-state index contributed by atoms with van der Waals surface area (Å²) in [5.74, 6) is 1.71. The van der Waals surface area contributed by atoms with E-state index < -0.39 is 0 Å². The molecule has 0 bridgehead atoms. The Hall–Kier alpha value is -1.56. The van der Waals surface area contributed by atoms with Crippen molar-refractivity contribution in [2.24, 2.45) is 0 Å². The van der Waals surface area contributed by atoms with Crippen molar-refractivity contribution in [1.82, 2.24) is 14.9 Å². The van der Waals surface area contributed by atoms with Crippen LogP contribution in [0.1, 0.15) is 13.8 Å². The van der Waals surface area contributed by atoms with Gasteiger partial charge in [-0.15, -0.1) is 0 Å². The van der Waals surface area contributed by atoms with Crippen LogP contribution in [0.15, 0.2) is 6.07 Å². The zero-order valence-corrected chi connectivity index (χ0v) is 11.2. The molecule has 4 N–H and O–H groups in total. The predicted molar refractivity (Wildman–Crippen MR) is 72.2 cm³/mol. The molecule has 1 aromatic rings. The Kier molecular flexibility index (Phi) is 4.11. The molecular formula is C11H22N6. The Labute approximate surface area is 103 Å². The number of aromatic nitrogens is 2. The van der Waals surface area contributed by atoms with E-state index in [1.165, 1.54) is 0 Å². The first-order chi connectivity index (χ1) is 7.85. The van der Waals surface area contributed by atoms with Crippen LogP contribution in [0, 0.1) is 0 Å². The number of rotatable bonds is 5. The Morgan fingerprint density at radius 2 is 1.88 bits per heavy atom. The molecule has 6 heteroatoms. The van der Waals surface area contributed by atoms with Gasteiger partial charge in [0.05, 0.1) is 0 Å². The van der Waals surface area contributed by atoms with Crippen LogP contribution in [0.4, 0.5) is 17.6 Å². The fourth-order valence-electron chi connectivity index (χ4n) is 1.15. The molecule has 17 heavy (non-hydrogen) atoms. The summed E-state index contributed by atoms with van der Waals surface area (Å²) in [5.41, 5.74) is 5.66. The lowest BCUT2D eigenvalue weighted by Crippen LogP contribution is -2.44. The summed E-state index contributed by atoms with van der Waals surface area (Å²) in [7, 11) is 5.90. The summed E-state index contributed by atoms with van der Waals surface area (Å²) in [5, 5.41) is 6.22. The summed E-state index contributed by atoms with van der Waals surface area (Å²) in [6.45, 7) is 5.09. The maximum atomic E-state index is 5.62. The van der Waals surface area contributed by atoms with E-state index >= 15 is 0 Å². The van der Waals surface area contributed by atoms with E-state index in [-0.39, 0.29) is 11.5 Å². The highest BCUT2D eigenvalue weighted by molar-refractivity contribution is 5.50. The van der Waals surface area contributed by atoms with Gasteiger partial charge in [-0.2, -0.15) is 9.97 Å². The van der Waals surface area contributed by atoms with Crippen LogP contribution in [-0.4, -0.2) is 48.1 Å². The number of hydrogen-bond donors (Lipinski definition) is 3. The highest BCUT2D eigenvalue weighted by Gasteiger charge is 2.20. The van der Waals surface area contributed by atoms with Crippen molar-refractivity contribution in [2.75, 3.05) is 44.1 Å². The van der Waals surface area contributed by atoms with E-state index in [4.69, 9.17) is 5.73 Å². The van der Waals surface area contributed by atoms with Gasteiger partial charge in [-0.05, 0) is 27.9 Å². The Morgan fingerprint density at radius 1 is 1.29 bits per heavy atom. The van der Waals surface area contributed by atoms with E-state index in [1.54, 1.807) is 7.05 Å². The third-order valence-corrected chi connectivity index (χ3v) is 2.91. The first-order valence-corrected chi connectivity index (χ1v) is 5.59. The Bertz CT molecular complexity index is 374. The number of anilines is 3. The van der Waals surface area contributed by atoms with Gasteiger partial charge in [0, 0.05) is 25.2 Å². The van der Waals surface area contributed by atoms with Gasteiger partial charge in [0.15, 0.2) is 0 Å². The molecule has 6 nitrogen and oxygen atoms in total. The molecule has 0 radical (unpaired) electrons. The largest absolute Gasteiger partial charge is 0.373 e. The van der Waals surface area contributed by atoms with Gasteiger partial charge in [-0.25, -0.2) is 0 Å². The van der Waals surface area contributed by atoms with E-state index in [0.717, 1.165) is 12.4 Å². The van der Waals surface area contributed by atoms with Gasteiger partial charge >= 0.3 is 0 Å². The van der Waals surface area contributed by atoms with Crippen molar-refractivity contribution >= 4 is 17.6 Å². The number of hydrogen-bond acceptors (Lipinski definition) is 6. The highest BCUT2D eigenvalue weighted by Crippen LogP contribution is 2.15. The van der Waals surface area contributed by atoms with Crippen molar-refractivity contribution in [1.29, 1.82) is 0 Å². The Morgan fingerprint density at radius 3 is 2.41 bits per heavy atom. The molecular weight excluding hydrogens is 216 g/mol. The Balaban J connectivity index is 2.72. The summed E-state index contributed by atoms with van der Waals surface area (Å²) in [6, 6.07) is 1.84. The number of nitrogen functional groups attached to an aromatic ring is 1. The number of likely N-dealkylation sites (N-methyl/N-ethyl adjacent to an activating group) is 1. The predicted octanol–water partition coefficient (Wildman–Crippen LogP) is 0.853. The van der Waals surface area contributed by atoms with Crippen LogP contribution in [0.3, 0.4) is 0 Å². The first kappa shape index (κ1) is 13.5. The van der Waals surface area contributed by atoms with Crippen molar-refractivity contribution < 1.29 is 0 Å². The zero-order valence-electron chi connectivity index (χ0n) is 11.2. The average molecular weight is 238 g/mol. The molecule has 0 saturated carbocycles. The molecule has 0 aliphatic carbocycles. The van der Waals surface area contributed by atoms with Gasteiger partial charge in [0.25, 0.3) is 0 Å². The van der Waals surface area contributed by atoms with E-state index in [2.05, 4.69) is 53.4 Å². The van der Waals surface area contributed by atoms with Crippen molar-refractivity contribution in [3.63, 3.8) is 0 Å². The molecule has 96 valence electrons. The summed E-state index contributed by atoms with van der Waals surface area (Å²) >= 11 is 0. The van der Waals surface area contributed by atoms with Gasteiger partial charge in [0.1, 0.15) is 11.6 Å². The topological polar surface area (TPSA) is 79.1 Å². The molecule has 0 saturated heterocycles. The molecule has 0 unspecified atom stereocenters. The molecule has 1 aromatic heterocycles. The maximum absolute atomic E-state index is 5.62. The maximum Gasteiger partial charge on any atom is 0.223 e. The number of nitrogens with one attached hydrogen (secondary N) is 2. The third-order valence-electron chi connectivity index (χ3n) is 2.91. The lowest BCUT2D eigenvalue weighted by molar-refractivity contribution is 0.210.